The molecule has 0 bridgehead atoms. The molecule has 170 valence electrons. The first-order valence-electron chi connectivity index (χ1n) is 9.67. The highest BCUT2D eigenvalue weighted by Crippen LogP contribution is 2.18. The lowest BCUT2D eigenvalue weighted by molar-refractivity contribution is 0.102. The predicted molar refractivity (Wildman–Crippen MR) is 122 cm³/mol. The zero-order chi connectivity index (χ0) is 23.6. The summed E-state index contributed by atoms with van der Waals surface area (Å²) in [6, 6.07) is 12.1. The molecule has 3 aromatic heterocycles. The summed E-state index contributed by atoms with van der Waals surface area (Å²) in [6.07, 6.45) is 1.69. The van der Waals surface area contributed by atoms with E-state index in [1.165, 1.54) is 36.4 Å². The molecule has 0 aliphatic rings. The van der Waals surface area contributed by atoms with Gasteiger partial charge in [-0.3, -0.25) is 14.2 Å². The van der Waals surface area contributed by atoms with Crippen LogP contribution in [0.15, 0.2) is 59.6 Å². The van der Waals surface area contributed by atoms with Gasteiger partial charge in [-0.15, -0.1) is 10.2 Å². The number of aromatic nitrogens is 6. The highest BCUT2D eigenvalue weighted by Gasteiger charge is 2.16. The molecule has 1 amide bonds. The van der Waals surface area contributed by atoms with Gasteiger partial charge >= 0.3 is 0 Å². The van der Waals surface area contributed by atoms with Crippen LogP contribution in [0, 0.1) is 13.8 Å². The van der Waals surface area contributed by atoms with Crippen molar-refractivity contribution in [1.82, 2.24) is 29.8 Å². The fraction of sp³-hybridized carbons (Fsp3) is 0.150. The minimum atomic E-state index is -3.88. The van der Waals surface area contributed by atoms with Crippen molar-refractivity contribution in [3.63, 3.8) is 0 Å². The van der Waals surface area contributed by atoms with Gasteiger partial charge in [0.1, 0.15) is 6.67 Å². The minimum Gasteiger partial charge on any atom is -0.321 e. The molecule has 33 heavy (non-hydrogen) atoms. The SMILES string of the molecule is Cc1cc(C)n(Cn2ccc(C(=O)Nc3ccc(S(=O)(=O)Nc4ccc(Cl)nn4)cc3)n2)n1. The monoisotopic (exact) mass is 486 g/mol. The van der Waals surface area contributed by atoms with E-state index in [4.69, 9.17) is 11.6 Å². The molecule has 0 atom stereocenters. The van der Waals surface area contributed by atoms with E-state index in [1.807, 2.05) is 19.9 Å². The van der Waals surface area contributed by atoms with E-state index in [2.05, 4.69) is 30.4 Å². The summed E-state index contributed by atoms with van der Waals surface area (Å²) >= 11 is 5.65. The maximum absolute atomic E-state index is 12.5. The molecular weight excluding hydrogens is 468 g/mol. The number of benzene rings is 1. The van der Waals surface area contributed by atoms with Gasteiger partial charge < -0.3 is 5.32 Å². The second-order valence-electron chi connectivity index (χ2n) is 7.13. The minimum absolute atomic E-state index is 0.00795. The van der Waals surface area contributed by atoms with Crippen LogP contribution >= 0.6 is 11.6 Å². The molecule has 0 saturated carbocycles. The Morgan fingerprint density at radius 2 is 1.79 bits per heavy atom. The third kappa shape index (κ3) is 5.35. The van der Waals surface area contributed by atoms with Crippen LogP contribution in [-0.2, 0) is 16.7 Å². The van der Waals surface area contributed by atoms with Crippen molar-refractivity contribution in [3.05, 3.63) is 77.0 Å². The molecule has 0 saturated heterocycles. The molecule has 0 aliphatic carbocycles. The average molecular weight is 487 g/mol. The Bertz CT molecular complexity index is 1400. The molecule has 0 aliphatic heterocycles. The van der Waals surface area contributed by atoms with Crippen molar-refractivity contribution in [2.24, 2.45) is 0 Å². The lowest BCUT2D eigenvalue weighted by Crippen LogP contribution is -2.16. The highest BCUT2D eigenvalue weighted by molar-refractivity contribution is 7.92. The zero-order valence-electron chi connectivity index (χ0n) is 17.6. The van der Waals surface area contributed by atoms with Crippen LogP contribution in [0.2, 0.25) is 5.15 Å². The molecule has 0 radical (unpaired) electrons. The van der Waals surface area contributed by atoms with Crippen LogP contribution in [0.4, 0.5) is 11.5 Å². The lowest BCUT2D eigenvalue weighted by atomic mass is 10.3. The van der Waals surface area contributed by atoms with E-state index < -0.39 is 15.9 Å². The molecular formula is C20H19ClN8O3S. The number of carbonyl (C=O) groups is 1. The summed E-state index contributed by atoms with van der Waals surface area (Å²) in [5, 5.41) is 18.8. The van der Waals surface area contributed by atoms with Gasteiger partial charge in [0.2, 0.25) is 0 Å². The van der Waals surface area contributed by atoms with Crippen molar-refractivity contribution in [2.45, 2.75) is 25.4 Å². The van der Waals surface area contributed by atoms with E-state index in [1.54, 1.807) is 21.6 Å². The van der Waals surface area contributed by atoms with Gasteiger partial charge in [-0.2, -0.15) is 10.2 Å². The third-order valence-electron chi connectivity index (χ3n) is 4.55. The molecule has 11 nitrogen and oxygen atoms in total. The first-order chi connectivity index (χ1) is 15.7. The van der Waals surface area contributed by atoms with Crippen molar-refractivity contribution in [3.8, 4) is 0 Å². The number of nitrogens with zero attached hydrogens (tertiary/aromatic N) is 6. The molecule has 0 spiro atoms. The highest BCUT2D eigenvalue weighted by atomic mass is 35.5. The summed E-state index contributed by atoms with van der Waals surface area (Å²) in [6.45, 7) is 4.23. The van der Waals surface area contributed by atoms with Crippen LogP contribution in [0.1, 0.15) is 21.9 Å². The first kappa shape index (κ1) is 22.4. The lowest BCUT2D eigenvalue weighted by Gasteiger charge is -2.08. The van der Waals surface area contributed by atoms with Gasteiger partial charge in [0.05, 0.1) is 10.6 Å². The van der Waals surface area contributed by atoms with E-state index in [9.17, 15) is 13.2 Å². The number of carbonyl (C=O) groups excluding carboxylic acids is 1. The topological polar surface area (TPSA) is 137 Å². The molecule has 0 unspecified atom stereocenters. The van der Waals surface area contributed by atoms with Crippen LogP contribution in [0.5, 0.6) is 0 Å². The fourth-order valence-corrected chi connectivity index (χ4v) is 4.09. The quantitative estimate of drug-likeness (QED) is 0.409. The largest absolute Gasteiger partial charge is 0.321 e. The van der Waals surface area contributed by atoms with Gasteiger partial charge in [-0.1, -0.05) is 11.6 Å². The first-order valence-corrected chi connectivity index (χ1v) is 11.5. The number of hydrogen-bond acceptors (Lipinski definition) is 7. The zero-order valence-corrected chi connectivity index (χ0v) is 19.2. The van der Waals surface area contributed by atoms with Gasteiger partial charge in [0.15, 0.2) is 16.7 Å². The Hall–Kier alpha value is -3.77. The molecule has 4 aromatic rings. The Kier molecular flexibility index (Phi) is 6.11. The summed E-state index contributed by atoms with van der Waals surface area (Å²) < 4.78 is 30.7. The summed E-state index contributed by atoms with van der Waals surface area (Å²) in [7, 11) is -3.88. The Balaban J connectivity index is 1.40. The summed E-state index contributed by atoms with van der Waals surface area (Å²) in [5.41, 5.74) is 2.52. The summed E-state index contributed by atoms with van der Waals surface area (Å²) in [5.74, 6) is -0.389. The molecule has 3 heterocycles. The second-order valence-corrected chi connectivity index (χ2v) is 9.20. The number of amides is 1. The van der Waals surface area contributed by atoms with Crippen molar-refractivity contribution < 1.29 is 13.2 Å². The number of halogens is 1. The number of aryl methyl sites for hydroxylation is 2. The molecule has 1 aromatic carbocycles. The Morgan fingerprint density at radius 3 is 2.42 bits per heavy atom. The number of anilines is 2. The Morgan fingerprint density at radius 1 is 1.03 bits per heavy atom. The molecule has 4 rings (SSSR count). The standard InChI is InChI=1S/C20H19ClN8O3S/c1-13-11-14(2)29(25-13)12-28-10-9-17(26-28)20(30)22-15-3-5-16(6-4-15)33(31,32)27-19-8-7-18(21)23-24-19/h3-11H,12H2,1-2H3,(H,22,30)(H,24,27). The Labute approximate surface area is 194 Å². The van der Waals surface area contributed by atoms with Gasteiger partial charge in [-0.05, 0) is 62.4 Å². The van der Waals surface area contributed by atoms with Crippen LogP contribution in [0.25, 0.3) is 0 Å². The average Bonchev–Trinajstić information content (AvgIpc) is 3.36. The van der Waals surface area contributed by atoms with Crippen molar-refractivity contribution in [2.75, 3.05) is 10.0 Å². The van der Waals surface area contributed by atoms with E-state index in [0.29, 0.717) is 12.4 Å². The molecule has 13 heteroatoms. The van der Waals surface area contributed by atoms with E-state index in [0.717, 1.165) is 11.4 Å². The predicted octanol–water partition coefficient (Wildman–Crippen LogP) is 2.70. The van der Waals surface area contributed by atoms with Crippen LogP contribution in [0.3, 0.4) is 0 Å². The summed E-state index contributed by atoms with van der Waals surface area (Å²) in [4.78, 5) is 12.5. The molecule has 2 N–H and O–H groups in total. The number of rotatable bonds is 7. The second kappa shape index (κ2) is 9.00. The smallest absolute Gasteiger partial charge is 0.276 e. The number of hydrogen-bond donors (Lipinski definition) is 2. The van der Waals surface area contributed by atoms with E-state index >= 15 is 0 Å². The van der Waals surface area contributed by atoms with Crippen molar-refractivity contribution in [1.29, 1.82) is 0 Å². The number of sulfonamides is 1. The molecule has 0 fully saturated rings. The van der Waals surface area contributed by atoms with Crippen molar-refractivity contribution >= 4 is 39.0 Å². The normalized spacial score (nSPS) is 11.4. The number of nitrogens with one attached hydrogen (secondary N) is 2. The van der Waals surface area contributed by atoms with Gasteiger partial charge in [0.25, 0.3) is 15.9 Å². The third-order valence-corrected chi connectivity index (χ3v) is 6.12. The van der Waals surface area contributed by atoms with Gasteiger partial charge in [-0.25, -0.2) is 13.1 Å². The van der Waals surface area contributed by atoms with E-state index in [-0.39, 0.29) is 21.6 Å². The maximum atomic E-state index is 12.5. The van der Waals surface area contributed by atoms with Crippen LogP contribution < -0.4 is 10.0 Å². The fourth-order valence-electron chi connectivity index (χ4n) is 3.00. The van der Waals surface area contributed by atoms with Crippen LogP contribution in [-0.4, -0.2) is 44.1 Å². The van der Waals surface area contributed by atoms with Gasteiger partial charge in [0, 0.05) is 17.6 Å². The maximum Gasteiger partial charge on any atom is 0.276 e.